The van der Waals surface area contributed by atoms with E-state index in [2.05, 4.69) is 36.1 Å². The number of hydrogen-bond donors (Lipinski definition) is 1. The molecule has 1 saturated heterocycles. The van der Waals surface area contributed by atoms with Gasteiger partial charge in [-0.15, -0.1) is 0 Å². The van der Waals surface area contributed by atoms with Crippen LogP contribution in [0, 0.1) is 0 Å². The van der Waals surface area contributed by atoms with E-state index in [0.29, 0.717) is 18.1 Å². The van der Waals surface area contributed by atoms with Crippen LogP contribution in [0.2, 0.25) is 0 Å². The second-order valence-electron chi connectivity index (χ2n) is 5.70. The van der Waals surface area contributed by atoms with Crippen molar-refractivity contribution in [2.75, 3.05) is 13.1 Å². The molecule has 0 radical (unpaired) electrons. The fraction of sp³-hybridized carbons (Fsp3) is 0.786. The minimum Gasteiger partial charge on any atom is -0.310 e. The molecule has 0 amide bonds. The number of piperidine rings is 1. The molecular formula is C14H26N4. The Morgan fingerprint density at radius 1 is 1.28 bits per heavy atom. The molecule has 1 atom stereocenters. The van der Waals surface area contributed by atoms with Crippen molar-refractivity contribution in [1.29, 1.82) is 0 Å². The van der Waals surface area contributed by atoms with Crippen LogP contribution in [0.1, 0.15) is 33.6 Å². The van der Waals surface area contributed by atoms with Gasteiger partial charge in [0.2, 0.25) is 0 Å². The molecule has 1 unspecified atom stereocenters. The molecule has 0 aromatic carbocycles. The van der Waals surface area contributed by atoms with Crippen molar-refractivity contribution in [2.24, 2.45) is 0 Å². The van der Waals surface area contributed by atoms with Crippen LogP contribution in [0.25, 0.3) is 0 Å². The molecule has 2 heterocycles. The summed E-state index contributed by atoms with van der Waals surface area (Å²) in [5.41, 5.74) is 0. The first-order valence-corrected chi connectivity index (χ1v) is 7.12. The van der Waals surface area contributed by atoms with E-state index in [9.17, 15) is 0 Å². The summed E-state index contributed by atoms with van der Waals surface area (Å²) in [6.07, 6.45) is 6.40. The average molecular weight is 250 g/mol. The Morgan fingerprint density at radius 2 is 2.00 bits per heavy atom. The summed E-state index contributed by atoms with van der Waals surface area (Å²) in [7, 11) is 0. The molecule has 18 heavy (non-hydrogen) atoms. The largest absolute Gasteiger partial charge is 0.310 e. The third-order valence-electron chi connectivity index (χ3n) is 3.80. The Bertz CT molecular complexity index is 326. The van der Waals surface area contributed by atoms with Crippen LogP contribution in [0.3, 0.4) is 0 Å². The Morgan fingerprint density at radius 3 is 2.56 bits per heavy atom. The van der Waals surface area contributed by atoms with Crippen molar-refractivity contribution >= 4 is 0 Å². The highest BCUT2D eigenvalue weighted by Crippen LogP contribution is 2.13. The zero-order valence-corrected chi connectivity index (χ0v) is 11.8. The van der Waals surface area contributed by atoms with Crippen molar-refractivity contribution in [1.82, 2.24) is 20.0 Å². The van der Waals surface area contributed by atoms with Gasteiger partial charge in [0.25, 0.3) is 0 Å². The third kappa shape index (κ3) is 3.82. The van der Waals surface area contributed by atoms with Crippen LogP contribution >= 0.6 is 0 Å². The average Bonchev–Trinajstić information content (AvgIpc) is 2.82. The molecule has 1 fully saturated rings. The van der Waals surface area contributed by atoms with Crippen LogP contribution in [0.4, 0.5) is 0 Å². The molecule has 102 valence electrons. The predicted octanol–water partition coefficient (Wildman–Crippen LogP) is 1.73. The van der Waals surface area contributed by atoms with Crippen LogP contribution in [0.5, 0.6) is 0 Å². The van der Waals surface area contributed by atoms with Crippen molar-refractivity contribution in [2.45, 2.75) is 58.3 Å². The standard InChI is InChI=1S/C14H26N4/c1-12(2)17-9-5-14(6-10-17)16-13(3)11-18-8-4-7-15-18/h4,7-8,12-14,16H,5-6,9-11H2,1-3H3. The number of nitrogens with zero attached hydrogens (tertiary/aromatic N) is 3. The van der Waals surface area contributed by atoms with E-state index in [-0.39, 0.29) is 0 Å². The summed E-state index contributed by atoms with van der Waals surface area (Å²) in [4.78, 5) is 2.57. The Hall–Kier alpha value is -0.870. The third-order valence-corrected chi connectivity index (χ3v) is 3.80. The molecule has 1 aromatic heterocycles. The van der Waals surface area contributed by atoms with E-state index in [1.54, 1.807) is 0 Å². The zero-order chi connectivity index (χ0) is 13.0. The quantitative estimate of drug-likeness (QED) is 0.864. The Labute approximate surface area is 110 Å². The van der Waals surface area contributed by atoms with Gasteiger partial charge in [0.1, 0.15) is 0 Å². The minimum absolute atomic E-state index is 0.487. The minimum atomic E-state index is 0.487. The van der Waals surface area contributed by atoms with Gasteiger partial charge in [0, 0.05) is 30.5 Å². The summed E-state index contributed by atoms with van der Waals surface area (Å²) >= 11 is 0. The first kappa shape index (κ1) is 13.6. The van der Waals surface area contributed by atoms with Crippen molar-refractivity contribution in [3.8, 4) is 0 Å². The number of hydrogen-bond acceptors (Lipinski definition) is 3. The van der Waals surface area contributed by atoms with Gasteiger partial charge in [0.15, 0.2) is 0 Å². The molecule has 1 N–H and O–H groups in total. The van der Waals surface area contributed by atoms with Gasteiger partial charge >= 0.3 is 0 Å². The lowest BCUT2D eigenvalue weighted by Gasteiger charge is -2.36. The fourth-order valence-electron chi connectivity index (χ4n) is 2.73. The molecule has 1 aromatic rings. The maximum Gasteiger partial charge on any atom is 0.0560 e. The Balaban J connectivity index is 1.71. The van der Waals surface area contributed by atoms with Crippen LogP contribution < -0.4 is 5.32 Å². The number of likely N-dealkylation sites (tertiary alicyclic amines) is 1. The van der Waals surface area contributed by atoms with Gasteiger partial charge in [-0.1, -0.05) is 0 Å². The highest BCUT2D eigenvalue weighted by molar-refractivity contribution is 4.82. The smallest absolute Gasteiger partial charge is 0.0560 e. The second-order valence-corrected chi connectivity index (χ2v) is 5.70. The molecule has 0 spiro atoms. The highest BCUT2D eigenvalue weighted by Gasteiger charge is 2.21. The molecule has 4 nitrogen and oxygen atoms in total. The van der Waals surface area contributed by atoms with E-state index >= 15 is 0 Å². The molecule has 0 aliphatic carbocycles. The number of nitrogens with one attached hydrogen (secondary N) is 1. The molecular weight excluding hydrogens is 224 g/mol. The highest BCUT2D eigenvalue weighted by atomic mass is 15.3. The summed E-state index contributed by atoms with van der Waals surface area (Å²) in [6, 6.07) is 3.83. The summed E-state index contributed by atoms with van der Waals surface area (Å²) < 4.78 is 2.00. The van der Waals surface area contributed by atoms with E-state index in [1.807, 2.05) is 23.1 Å². The molecule has 1 aliphatic heterocycles. The van der Waals surface area contributed by atoms with Crippen LogP contribution in [-0.2, 0) is 6.54 Å². The summed E-state index contributed by atoms with van der Waals surface area (Å²) in [5, 5.41) is 7.98. The van der Waals surface area contributed by atoms with E-state index in [4.69, 9.17) is 0 Å². The van der Waals surface area contributed by atoms with Gasteiger partial charge in [-0.3, -0.25) is 4.68 Å². The lowest BCUT2D eigenvalue weighted by Crippen LogP contribution is -2.48. The van der Waals surface area contributed by atoms with Crippen LogP contribution in [0.15, 0.2) is 18.5 Å². The van der Waals surface area contributed by atoms with Gasteiger partial charge in [-0.05, 0) is 52.8 Å². The van der Waals surface area contributed by atoms with Crippen LogP contribution in [-0.4, -0.2) is 45.9 Å². The topological polar surface area (TPSA) is 33.1 Å². The van der Waals surface area contributed by atoms with Crippen molar-refractivity contribution < 1.29 is 0 Å². The predicted molar refractivity (Wildman–Crippen MR) is 74.6 cm³/mol. The van der Waals surface area contributed by atoms with E-state index in [1.165, 1.54) is 25.9 Å². The Kier molecular flexibility index (Phi) is 4.78. The van der Waals surface area contributed by atoms with Gasteiger partial charge in [-0.25, -0.2) is 0 Å². The molecule has 2 rings (SSSR count). The van der Waals surface area contributed by atoms with Gasteiger partial charge in [-0.2, -0.15) is 5.10 Å². The van der Waals surface area contributed by atoms with Gasteiger partial charge < -0.3 is 10.2 Å². The monoisotopic (exact) mass is 250 g/mol. The first-order valence-electron chi connectivity index (χ1n) is 7.12. The van der Waals surface area contributed by atoms with Gasteiger partial charge in [0.05, 0.1) is 6.54 Å². The first-order chi connectivity index (χ1) is 8.65. The molecule has 4 heteroatoms. The summed E-state index contributed by atoms with van der Waals surface area (Å²) in [6.45, 7) is 10.2. The lowest BCUT2D eigenvalue weighted by atomic mass is 10.0. The van der Waals surface area contributed by atoms with E-state index < -0.39 is 0 Å². The zero-order valence-electron chi connectivity index (χ0n) is 11.8. The van der Waals surface area contributed by atoms with Crippen molar-refractivity contribution in [3.05, 3.63) is 18.5 Å². The maximum atomic E-state index is 4.25. The van der Waals surface area contributed by atoms with Crippen molar-refractivity contribution in [3.63, 3.8) is 0 Å². The number of rotatable bonds is 5. The summed E-state index contributed by atoms with van der Waals surface area (Å²) in [5.74, 6) is 0. The molecule has 1 aliphatic rings. The molecule has 0 saturated carbocycles. The fourth-order valence-corrected chi connectivity index (χ4v) is 2.73. The second kappa shape index (κ2) is 6.34. The SMILES string of the molecule is CC(Cn1cccn1)NC1CCN(C(C)C)CC1. The number of aromatic nitrogens is 2. The molecule has 0 bridgehead atoms. The normalized spacial score (nSPS) is 20.4. The lowest BCUT2D eigenvalue weighted by molar-refractivity contribution is 0.155. The van der Waals surface area contributed by atoms with E-state index in [0.717, 1.165) is 6.54 Å². The maximum absolute atomic E-state index is 4.25.